The molecular formula is C21H24N2O4S. The van der Waals surface area contributed by atoms with Crippen LogP contribution in [0, 0.1) is 0 Å². The lowest BCUT2D eigenvalue weighted by molar-refractivity contribution is -0.0533. The molecule has 0 saturated carbocycles. The van der Waals surface area contributed by atoms with Crippen LogP contribution in [0.5, 0.6) is 5.88 Å². The molecule has 1 aliphatic carbocycles. The first-order chi connectivity index (χ1) is 13.6. The first kappa shape index (κ1) is 19.1. The summed E-state index contributed by atoms with van der Waals surface area (Å²) in [5.41, 5.74) is 4.28. The van der Waals surface area contributed by atoms with Crippen LogP contribution in [-0.2, 0) is 26.0 Å². The first-order valence-corrected chi connectivity index (χ1v) is 10.3. The molecule has 2 aromatic rings. The number of fused-ring (bicyclic) bond motifs is 3. The molecule has 0 saturated heterocycles. The van der Waals surface area contributed by atoms with Gasteiger partial charge in [-0.25, -0.2) is 4.98 Å². The fourth-order valence-electron chi connectivity index (χ4n) is 3.58. The minimum atomic E-state index is -0.450. The number of methoxy groups -OCH3 is 1. The molecule has 0 amide bonds. The highest BCUT2D eigenvalue weighted by Crippen LogP contribution is 2.46. The van der Waals surface area contributed by atoms with E-state index in [0.29, 0.717) is 17.6 Å². The number of rotatable bonds is 7. The van der Waals surface area contributed by atoms with Gasteiger partial charge in [-0.2, -0.15) is 4.98 Å². The lowest BCUT2D eigenvalue weighted by Gasteiger charge is -2.34. The van der Waals surface area contributed by atoms with Gasteiger partial charge in [0.25, 0.3) is 6.29 Å². The fraction of sp³-hybridized carbons (Fsp3) is 0.429. The van der Waals surface area contributed by atoms with E-state index in [1.165, 1.54) is 18.1 Å². The van der Waals surface area contributed by atoms with Crippen molar-refractivity contribution < 1.29 is 18.9 Å². The maximum absolute atomic E-state index is 6.10. The van der Waals surface area contributed by atoms with Crippen molar-refractivity contribution in [2.24, 2.45) is 0 Å². The summed E-state index contributed by atoms with van der Waals surface area (Å²) < 4.78 is 22.0. The molecule has 0 unspecified atom stereocenters. The third-order valence-corrected chi connectivity index (χ3v) is 5.64. The van der Waals surface area contributed by atoms with Gasteiger partial charge in [0, 0.05) is 29.4 Å². The summed E-state index contributed by atoms with van der Waals surface area (Å²) in [6, 6.07) is 8.42. The lowest BCUT2D eigenvalue weighted by atomic mass is 9.72. The number of hydrogen-bond acceptors (Lipinski definition) is 7. The monoisotopic (exact) mass is 400 g/mol. The summed E-state index contributed by atoms with van der Waals surface area (Å²) >= 11 is 1.56. The van der Waals surface area contributed by atoms with Gasteiger partial charge in [-0.1, -0.05) is 49.9 Å². The van der Waals surface area contributed by atoms with Gasteiger partial charge >= 0.3 is 0 Å². The van der Waals surface area contributed by atoms with E-state index in [9.17, 15) is 0 Å². The van der Waals surface area contributed by atoms with Gasteiger partial charge < -0.3 is 18.9 Å². The average Bonchev–Trinajstić information content (AvgIpc) is 3.19. The van der Waals surface area contributed by atoms with E-state index in [0.717, 1.165) is 29.0 Å². The van der Waals surface area contributed by atoms with Crippen LogP contribution in [0.4, 0.5) is 0 Å². The number of thioether (sulfide) groups is 1. The zero-order chi connectivity index (χ0) is 19.6. The molecule has 1 aromatic carbocycles. The second kappa shape index (κ2) is 8.01. The molecule has 0 bridgehead atoms. The molecule has 0 atom stereocenters. The molecule has 28 heavy (non-hydrogen) atoms. The summed E-state index contributed by atoms with van der Waals surface area (Å²) in [6.45, 7) is 5.31. The minimum Gasteiger partial charge on any atom is -0.469 e. The second-order valence-electron chi connectivity index (χ2n) is 7.38. The van der Waals surface area contributed by atoms with E-state index in [2.05, 4.69) is 32.0 Å². The van der Waals surface area contributed by atoms with Crippen molar-refractivity contribution in [3.8, 4) is 17.1 Å². The topological polar surface area (TPSA) is 62.7 Å². The Labute approximate surface area is 169 Å². The Bertz CT molecular complexity index is 877. The number of nitrogens with zero attached hydrogens (tertiary/aromatic N) is 2. The molecule has 148 valence electrons. The molecule has 4 rings (SSSR count). The average molecular weight is 401 g/mol. The summed E-state index contributed by atoms with van der Waals surface area (Å²) in [4.78, 5) is 9.63. The molecule has 2 aliphatic rings. The van der Waals surface area contributed by atoms with Crippen LogP contribution >= 0.6 is 11.8 Å². The van der Waals surface area contributed by atoms with Crippen molar-refractivity contribution in [3.63, 3.8) is 0 Å². The normalized spacial score (nSPS) is 16.8. The lowest BCUT2D eigenvalue weighted by Crippen LogP contribution is -2.29. The van der Waals surface area contributed by atoms with Crippen LogP contribution in [0.2, 0.25) is 0 Å². The zero-order valence-electron chi connectivity index (χ0n) is 16.3. The second-order valence-corrected chi connectivity index (χ2v) is 8.44. The zero-order valence-corrected chi connectivity index (χ0v) is 17.1. The van der Waals surface area contributed by atoms with Crippen LogP contribution in [0.3, 0.4) is 0 Å². The van der Waals surface area contributed by atoms with E-state index in [-0.39, 0.29) is 12.0 Å². The Morgan fingerprint density at radius 1 is 1.18 bits per heavy atom. The van der Waals surface area contributed by atoms with Crippen molar-refractivity contribution in [1.29, 1.82) is 0 Å². The molecule has 6 nitrogen and oxygen atoms in total. The quantitative estimate of drug-likeness (QED) is 0.396. The summed E-state index contributed by atoms with van der Waals surface area (Å²) in [5, 5.41) is 0.685. The largest absolute Gasteiger partial charge is 0.469 e. The molecule has 7 heteroatoms. The number of hydrogen-bond donors (Lipinski definition) is 0. The van der Waals surface area contributed by atoms with Gasteiger partial charge in [-0.05, 0) is 12.0 Å². The highest BCUT2D eigenvalue weighted by molar-refractivity contribution is 7.99. The molecule has 0 N–H and O–H groups in total. The molecule has 0 fully saturated rings. The maximum atomic E-state index is 6.10. The Morgan fingerprint density at radius 2 is 1.96 bits per heavy atom. The third-order valence-electron chi connectivity index (χ3n) is 4.83. The van der Waals surface area contributed by atoms with Crippen LogP contribution in [0.25, 0.3) is 11.3 Å². The van der Waals surface area contributed by atoms with E-state index in [4.69, 9.17) is 28.9 Å². The highest BCUT2D eigenvalue weighted by Gasteiger charge is 2.36. The van der Waals surface area contributed by atoms with Gasteiger partial charge in [-0.15, -0.1) is 0 Å². The smallest absolute Gasteiger partial charge is 0.273 e. The van der Waals surface area contributed by atoms with Gasteiger partial charge in [0.1, 0.15) is 12.5 Å². The van der Waals surface area contributed by atoms with Crippen LogP contribution in [0.15, 0.2) is 41.9 Å². The van der Waals surface area contributed by atoms with Gasteiger partial charge in [0.2, 0.25) is 5.88 Å². The standard InChI is InChI=1S/C21H24N2O4S/c1-21(2)12-14-6-4-5-7-15(14)18-17(21)19(27-13-16-25-8-9-26-16)23-20(22-18)28-11-10-24-3/h4-9,16H,10-13H2,1-3H3. The van der Waals surface area contributed by atoms with Gasteiger partial charge in [0.15, 0.2) is 11.8 Å². The predicted octanol–water partition coefficient (Wildman–Crippen LogP) is 3.94. The Morgan fingerprint density at radius 3 is 2.75 bits per heavy atom. The van der Waals surface area contributed by atoms with Crippen molar-refractivity contribution in [3.05, 3.63) is 47.9 Å². The molecule has 2 heterocycles. The number of benzene rings is 1. The molecule has 1 aromatic heterocycles. The van der Waals surface area contributed by atoms with Crippen molar-refractivity contribution >= 4 is 11.8 Å². The molecule has 0 spiro atoms. The summed E-state index contributed by atoms with van der Waals surface area (Å²) in [5.74, 6) is 1.38. The summed E-state index contributed by atoms with van der Waals surface area (Å²) in [7, 11) is 1.69. The molecular weight excluding hydrogens is 376 g/mol. The maximum Gasteiger partial charge on any atom is 0.273 e. The number of aromatic nitrogens is 2. The van der Waals surface area contributed by atoms with Gasteiger partial charge in [-0.3, -0.25) is 0 Å². The Balaban J connectivity index is 1.74. The predicted molar refractivity (Wildman–Crippen MR) is 107 cm³/mol. The third kappa shape index (κ3) is 3.82. The first-order valence-electron chi connectivity index (χ1n) is 9.30. The van der Waals surface area contributed by atoms with Gasteiger partial charge in [0.05, 0.1) is 12.3 Å². The van der Waals surface area contributed by atoms with Crippen molar-refractivity contribution in [2.45, 2.75) is 37.1 Å². The Hall–Kier alpha value is -2.25. The van der Waals surface area contributed by atoms with Crippen LogP contribution in [0.1, 0.15) is 25.0 Å². The SMILES string of the molecule is COCCSc1nc(OCC2OC=CO2)c2c(n1)-c1ccccc1CC2(C)C. The summed E-state index contributed by atoms with van der Waals surface area (Å²) in [6.07, 6.45) is 3.50. The fourth-order valence-corrected chi connectivity index (χ4v) is 4.31. The minimum absolute atomic E-state index is 0.148. The van der Waals surface area contributed by atoms with E-state index in [1.54, 1.807) is 18.9 Å². The van der Waals surface area contributed by atoms with E-state index >= 15 is 0 Å². The highest BCUT2D eigenvalue weighted by atomic mass is 32.2. The van der Waals surface area contributed by atoms with Crippen LogP contribution in [-0.4, -0.2) is 42.3 Å². The molecule has 0 radical (unpaired) electrons. The molecule has 1 aliphatic heterocycles. The van der Waals surface area contributed by atoms with Crippen molar-refractivity contribution in [2.75, 3.05) is 26.1 Å². The number of ether oxygens (including phenoxy) is 4. The van der Waals surface area contributed by atoms with E-state index in [1.807, 2.05) is 6.07 Å². The van der Waals surface area contributed by atoms with Crippen molar-refractivity contribution in [1.82, 2.24) is 9.97 Å². The van der Waals surface area contributed by atoms with Crippen LogP contribution < -0.4 is 4.74 Å². The Kier molecular flexibility index (Phi) is 5.46. The van der Waals surface area contributed by atoms with E-state index < -0.39 is 6.29 Å².